The SMILES string of the molecule is Cc1nn(CC(=O)NCc2ccccn2)c(C)c1Cl. The third kappa shape index (κ3) is 3.32. The number of nitrogens with one attached hydrogen (secondary N) is 1. The number of amides is 1. The van der Waals surface area contributed by atoms with Gasteiger partial charge in [0.05, 0.1) is 28.6 Å². The van der Waals surface area contributed by atoms with Crippen molar-refractivity contribution in [2.24, 2.45) is 0 Å². The van der Waals surface area contributed by atoms with Crippen molar-refractivity contribution in [3.63, 3.8) is 0 Å². The summed E-state index contributed by atoms with van der Waals surface area (Å²) in [5, 5.41) is 7.62. The minimum atomic E-state index is -0.118. The minimum absolute atomic E-state index is 0.118. The van der Waals surface area contributed by atoms with Gasteiger partial charge in [-0.05, 0) is 26.0 Å². The Hall–Kier alpha value is -1.88. The van der Waals surface area contributed by atoms with E-state index in [1.807, 2.05) is 32.0 Å². The van der Waals surface area contributed by atoms with Gasteiger partial charge < -0.3 is 5.32 Å². The van der Waals surface area contributed by atoms with Crippen LogP contribution in [0.3, 0.4) is 0 Å². The van der Waals surface area contributed by atoms with E-state index >= 15 is 0 Å². The van der Waals surface area contributed by atoms with Crippen LogP contribution in [0.25, 0.3) is 0 Å². The number of nitrogens with zero attached hydrogens (tertiary/aromatic N) is 3. The van der Waals surface area contributed by atoms with Gasteiger partial charge in [-0.25, -0.2) is 0 Å². The van der Waals surface area contributed by atoms with E-state index in [1.54, 1.807) is 10.9 Å². The van der Waals surface area contributed by atoms with E-state index in [-0.39, 0.29) is 12.5 Å². The summed E-state index contributed by atoms with van der Waals surface area (Å²) in [6, 6.07) is 5.58. The van der Waals surface area contributed by atoms with Crippen LogP contribution in [0.15, 0.2) is 24.4 Å². The second kappa shape index (κ2) is 5.84. The highest BCUT2D eigenvalue weighted by Gasteiger charge is 2.11. The molecule has 2 aromatic rings. The minimum Gasteiger partial charge on any atom is -0.349 e. The Balaban J connectivity index is 1.93. The number of halogens is 1. The molecule has 1 N–H and O–H groups in total. The molecule has 0 aromatic carbocycles. The molecule has 2 aromatic heterocycles. The molecule has 2 heterocycles. The zero-order chi connectivity index (χ0) is 13.8. The van der Waals surface area contributed by atoms with Crippen molar-refractivity contribution in [2.75, 3.05) is 0 Å². The molecule has 19 heavy (non-hydrogen) atoms. The smallest absolute Gasteiger partial charge is 0.242 e. The maximum absolute atomic E-state index is 11.8. The van der Waals surface area contributed by atoms with Gasteiger partial charge in [0.2, 0.25) is 5.91 Å². The molecule has 0 bridgehead atoms. The molecule has 0 radical (unpaired) electrons. The quantitative estimate of drug-likeness (QED) is 0.929. The molecule has 5 nitrogen and oxygen atoms in total. The molecule has 6 heteroatoms. The molecular formula is C13H15ClN4O. The first-order valence-corrected chi connectivity index (χ1v) is 6.32. The number of aromatic nitrogens is 3. The van der Waals surface area contributed by atoms with E-state index < -0.39 is 0 Å². The topological polar surface area (TPSA) is 59.8 Å². The van der Waals surface area contributed by atoms with Crippen LogP contribution >= 0.6 is 11.6 Å². The molecule has 0 saturated carbocycles. The lowest BCUT2D eigenvalue weighted by Gasteiger charge is -2.06. The standard InChI is InChI=1S/C13H15ClN4O/c1-9-13(14)10(2)18(17-9)8-12(19)16-7-11-5-3-4-6-15-11/h3-6H,7-8H2,1-2H3,(H,16,19). The van der Waals surface area contributed by atoms with Gasteiger partial charge in [-0.2, -0.15) is 5.10 Å². The second-order valence-electron chi connectivity index (χ2n) is 4.24. The van der Waals surface area contributed by atoms with E-state index in [1.165, 1.54) is 0 Å². The van der Waals surface area contributed by atoms with Gasteiger partial charge in [-0.3, -0.25) is 14.5 Å². The Morgan fingerprint density at radius 3 is 2.79 bits per heavy atom. The third-order valence-corrected chi connectivity index (χ3v) is 3.33. The Labute approximate surface area is 116 Å². The van der Waals surface area contributed by atoms with Gasteiger partial charge in [-0.15, -0.1) is 0 Å². The van der Waals surface area contributed by atoms with Crippen LogP contribution < -0.4 is 5.32 Å². The van der Waals surface area contributed by atoms with Crippen LogP contribution in [0.2, 0.25) is 5.02 Å². The third-order valence-electron chi connectivity index (χ3n) is 2.78. The largest absolute Gasteiger partial charge is 0.349 e. The average Bonchev–Trinajstić information content (AvgIpc) is 2.65. The molecule has 0 fully saturated rings. The zero-order valence-corrected chi connectivity index (χ0v) is 11.6. The molecular weight excluding hydrogens is 264 g/mol. The maximum Gasteiger partial charge on any atom is 0.242 e. The van der Waals surface area contributed by atoms with Gasteiger partial charge >= 0.3 is 0 Å². The Morgan fingerprint density at radius 2 is 2.21 bits per heavy atom. The lowest BCUT2D eigenvalue weighted by Crippen LogP contribution is -2.28. The second-order valence-corrected chi connectivity index (χ2v) is 4.62. The monoisotopic (exact) mass is 278 g/mol. The van der Waals surface area contributed by atoms with Crippen molar-refractivity contribution in [3.8, 4) is 0 Å². The number of hydrogen-bond donors (Lipinski definition) is 1. The summed E-state index contributed by atoms with van der Waals surface area (Å²) >= 11 is 6.03. The number of pyridine rings is 1. The molecule has 0 saturated heterocycles. The molecule has 2 rings (SSSR count). The van der Waals surface area contributed by atoms with Crippen LogP contribution in [-0.2, 0) is 17.9 Å². The predicted octanol–water partition coefficient (Wildman–Crippen LogP) is 1.86. The Morgan fingerprint density at radius 1 is 1.42 bits per heavy atom. The van der Waals surface area contributed by atoms with E-state index in [0.717, 1.165) is 17.1 Å². The summed E-state index contributed by atoms with van der Waals surface area (Å²) in [5.41, 5.74) is 2.35. The lowest BCUT2D eigenvalue weighted by molar-refractivity contribution is -0.122. The molecule has 1 amide bonds. The van der Waals surface area contributed by atoms with Crippen molar-refractivity contribution in [3.05, 3.63) is 46.5 Å². The molecule has 0 aliphatic carbocycles. The molecule has 100 valence electrons. The maximum atomic E-state index is 11.8. The lowest BCUT2D eigenvalue weighted by atomic mass is 10.3. The Bertz CT molecular complexity index is 580. The van der Waals surface area contributed by atoms with E-state index in [4.69, 9.17) is 11.6 Å². The number of rotatable bonds is 4. The van der Waals surface area contributed by atoms with E-state index in [0.29, 0.717) is 11.6 Å². The van der Waals surface area contributed by atoms with Crippen molar-refractivity contribution >= 4 is 17.5 Å². The number of aryl methyl sites for hydroxylation is 1. The first-order valence-electron chi connectivity index (χ1n) is 5.94. The van der Waals surface area contributed by atoms with Gasteiger partial charge in [0, 0.05) is 6.20 Å². The number of carbonyl (C=O) groups is 1. The van der Waals surface area contributed by atoms with E-state index in [2.05, 4.69) is 15.4 Å². The van der Waals surface area contributed by atoms with Crippen molar-refractivity contribution < 1.29 is 4.79 Å². The van der Waals surface area contributed by atoms with Crippen molar-refractivity contribution in [2.45, 2.75) is 26.9 Å². The van der Waals surface area contributed by atoms with Crippen LogP contribution in [0.1, 0.15) is 17.1 Å². The van der Waals surface area contributed by atoms with Gasteiger partial charge in [0.15, 0.2) is 0 Å². The summed E-state index contributed by atoms with van der Waals surface area (Å²) in [6.07, 6.45) is 1.70. The van der Waals surface area contributed by atoms with Crippen LogP contribution in [0.5, 0.6) is 0 Å². The summed E-state index contributed by atoms with van der Waals surface area (Å²) in [6.45, 7) is 4.23. The molecule has 0 unspecified atom stereocenters. The molecule has 0 atom stereocenters. The van der Waals surface area contributed by atoms with E-state index in [9.17, 15) is 4.79 Å². The van der Waals surface area contributed by atoms with Gasteiger partial charge in [0.25, 0.3) is 0 Å². The highest BCUT2D eigenvalue weighted by molar-refractivity contribution is 6.31. The van der Waals surface area contributed by atoms with Crippen molar-refractivity contribution in [1.29, 1.82) is 0 Å². The zero-order valence-electron chi connectivity index (χ0n) is 10.9. The van der Waals surface area contributed by atoms with Crippen LogP contribution in [0, 0.1) is 13.8 Å². The first kappa shape index (κ1) is 13.5. The summed E-state index contributed by atoms with van der Waals surface area (Å²) in [7, 11) is 0. The Kier molecular flexibility index (Phi) is 4.16. The van der Waals surface area contributed by atoms with Gasteiger partial charge in [-0.1, -0.05) is 17.7 Å². The summed E-state index contributed by atoms with van der Waals surface area (Å²) in [4.78, 5) is 16.0. The number of carbonyl (C=O) groups excluding carboxylic acids is 1. The van der Waals surface area contributed by atoms with Crippen LogP contribution in [0.4, 0.5) is 0 Å². The molecule has 0 aliphatic heterocycles. The molecule has 0 spiro atoms. The summed E-state index contributed by atoms with van der Waals surface area (Å²) in [5.74, 6) is -0.118. The first-order chi connectivity index (χ1) is 9.08. The van der Waals surface area contributed by atoms with Crippen molar-refractivity contribution in [1.82, 2.24) is 20.1 Å². The number of hydrogen-bond acceptors (Lipinski definition) is 3. The normalized spacial score (nSPS) is 10.5. The fraction of sp³-hybridized carbons (Fsp3) is 0.308. The highest BCUT2D eigenvalue weighted by Crippen LogP contribution is 2.18. The van der Waals surface area contributed by atoms with Gasteiger partial charge in [0.1, 0.15) is 6.54 Å². The predicted molar refractivity (Wildman–Crippen MR) is 72.8 cm³/mol. The fourth-order valence-electron chi connectivity index (χ4n) is 1.71. The highest BCUT2D eigenvalue weighted by atomic mass is 35.5. The fourth-order valence-corrected chi connectivity index (χ4v) is 1.85. The average molecular weight is 279 g/mol. The molecule has 0 aliphatic rings. The summed E-state index contributed by atoms with van der Waals surface area (Å²) < 4.78 is 1.60. The van der Waals surface area contributed by atoms with Crippen LogP contribution in [-0.4, -0.2) is 20.7 Å².